The summed E-state index contributed by atoms with van der Waals surface area (Å²) in [7, 11) is 7.05. The molecule has 198 valence electrons. The number of hydrogen-bond acceptors (Lipinski definition) is 5. The lowest BCUT2D eigenvalue weighted by Gasteiger charge is -2.43. The number of amides is 2. The van der Waals surface area contributed by atoms with Gasteiger partial charge >= 0.3 is 6.03 Å². The van der Waals surface area contributed by atoms with E-state index in [4.69, 9.17) is 14.2 Å². The van der Waals surface area contributed by atoms with Gasteiger partial charge < -0.3 is 19.1 Å². The zero-order chi connectivity index (χ0) is 26.5. The highest BCUT2D eigenvalue weighted by molar-refractivity contribution is 5.83. The highest BCUT2D eigenvalue weighted by Gasteiger charge is 2.54. The Morgan fingerprint density at radius 1 is 0.919 bits per heavy atom. The Morgan fingerprint density at radius 2 is 1.59 bits per heavy atom. The van der Waals surface area contributed by atoms with Gasteiger partial charge in [-0.25, -0.2) is 4.79 Å². The predicted molar refractivity (Wildman–Crippen MR) is 144 cm³/mol. The SMILES string of the molecule is COc1cc(C)cc(CN2CCC3(CC2)C2=CC(C)(C)c4c(cc(OC)cc4OC)CN2C(=O)N3C)c1. The van der Waals surface area contributed by atoms with Gasteiger partial charge in [0, 0.05) is 49.4 Å². The first-order valence-electron chi connectivity index (χ1n) is 13.0. The van der Waals surface area contributed by atoms with Crippen LogP contribution in [0.15, 0.2) is 42.1 Å². The second-order valence-corrected chi connectivity index (χ2v) is 11.2. The van der Waals surface area contributed by atoms with Crippen LogP contribution in [0.25, 0.3) is 0 Å². The fraction of sp³-hybridized carbons (Fsp3) is 0.500. The van der Waals surface area contributed by atoms with Gasteiger partial charge in [-0.1, -0.05) is 26.0 Å². The maximum atomic E-state index is 13.7. The molecule has 0 bridgehead atoms. The van der Waals surface area contributed by atoms with Crippen LogP contribution in [-0.2, 0) is 18.5 Å². The smallest absolute Gasteiger partial charge is 0.325 e. The Bertz CT molecular complexity index is 1240. The summed E-state index contributed by atoms with van der Waals surface area (Å²) in [6, 6.07) is 10.5. The third-order valence-corrected chi connectivity index (χ3v) is 8.45. The number of carbonyl (C=O) groups excluding carboxylic acids is 1. The molecule has 3 heterocycles. The summed E-state index contributed by atoms with van der Waals surface area (Å²) in [5, 5.41) is 0. The van der Waals surface area contributed by atoms with E-state index in [0.29, 0.717) is 6.54 Å². The minimum atomic E-state index is -0.315. The maximum Gasteiger partial charge on any atom is 0.325 e. The molecule has 7 nitrogen and oxygen atoms in total. The Morgan fingerprint density at radius 3 is 2.24 bits per heavy atom. The lowest BCUT2D eigenvalue weighted by molar-refractivity contribution is 0.0998. The van der Waals surface area contributed by atoms with Gasteiger partial charge in [0.2, 0.25) is 0 Å². The summed E-state index contributed by atoms with van der Waals surface area (Å²) in [5.74, 6) is 2.44. The van der Waals surface area contributed by atoms with Crippen molar-refractivity contribution in [3.8, 4) is 17.2 Å². The molecule has 0 aromatic heterocycles. The molecule has 0 unspecified atom stereocenters. The van der Waals surface area contributed by atoms with Crippen LogP contribution in [-0.4, -0.2) is 67.7 Å². The van der Waals surface area contributed by atoms with Crippen molar-refractivity contribution in [1.82, 2.24) is 14.7 Å². The number of likely N-dealkylation sites (tertiary alicyclic amines) is 1. The van der Waals surface area contributed by atoms with E-state index >= 15 is 0 Å². The topological polar surface area (TPSA) is 54.5 Å². The molecule has 3 aliphatic heterocycles. The fourth-order valence-corrected chi connectivity index (χ4v) is 6.58. The molecule has 0 saturated carbocycles. The predicted octanol–water partition coefficient (Wildman–Crippen LogP) is 5.10. The van der Waals surface area contributed by atoms with Crippen molar-refractivity contribution in [3.63, 3.8) is 0 Å². The first kappa shape index (κ1) is 25.5. The van der Waals surface area contributed by atoms with Gasteiger partial charge in [0.25, 0.3) is 0 Å². The van der Waals surface area contributed by atoms with E-state index in [1.165, 1.54) is 11.1 Å². The van der Waals surface area contributed by atoms with Crippen LogP contribution in [0, 0.1) is 6.92 Å². The molecule has 5 rings (SSSR count). The van der Waals surface area contributed by atoms with Gasteiger partial charge in [0.15, 0.2) is 0 Å². The Labute approximate surface area is 220 Å². The number of benzene rings is 2. The molecule has 2 aromatic carbocycles. The number of allylic oxidation sites excluding steroid dienone is 1. The second-order valence-electron chi connectivity index (χ2n) is 11.2. The summed E-state index contributed by atoms with van der Waals surface area (Å²) in [6.45, 7) is 9.77. The van der Waals surface area contributed by atoms with Crippen molar-refractivity contribution >= 4 is 6.03 Å². The Kier molecular flexibility index (Phi) is 6.39. The average molecular weight is 506 g/mol. The molecular formula is C30H39N3O4. The standard InChI is InChI=1S/C30H39N3O4/c1-20-12-21(14-23(13-20)35-5)18-32-10-8-30(9-11-32)26-17-29(2,3)27-22(19-33(26)28(34)31(30)4)15-24(36-6)16-25(27)37-7/h12-17H,8-11,18-19H2,1-7H3. The van der Waals surface area contributed by atoms with E-state index in [1.54, 1.807) is 21.3 Å². The van der Waals surface area contributed by atoms with Gasteiger partial charge in [-0.05, 0) is 54.7 Å². The number of nitrogens with zero attached hydrogens (tertiary/aromatic N) is 3. The molecule has 0 atom stereocenters. The molecule has 2 aromatic rings. The number of hydrogen-bond donors (Lipinski definition) is 0. The summed E-state index contributed by atoms with van der Waals surface area (Å²) in [6.07, 6.45) is 4.11. The molecule has 2 fully saturated rings. The molecule has 7 heteroatoms. The lowest BCUT2D eigenvalue weighted by Crippen LogP contribution is -2.52. The van der Waals surface area contributed by atoms with Crippen LogP contribution < -0.4 is 14.2 Å². The number of methoxy groups -OCH3 is 3. The van der Waals surface area contributed by atoms with E-state index in [0.717, 1.165) is 66.5 Å². The van der Waals surface area contributed by atoms with Crippen LogP contribution in [0.5, 0.6) is 17.2 Å². The molecule has 3 aliphatic rings. The molecular weight excluding hydrogens is 466 g/mol. The quantitative estimate of drug-likeness (QED) is 0.566. The normalized spacial score (nSPS) is 20.3. The second kappa shape index (κ2) is 9.28. The average Bonchev–Trinajstić information content (AvgIpc) is 2.98. The number of aryl methyl sites for hydroxylation is 1. The van der Waals surface area contributed by atoms with E-state index in [2.05, 4.69) is 49.9 Å². The minimum Gasteiger partial charge on any atom is -0.497 e. The number of piperidine rings is 1. The third kappa shape index (κ3) is 4.23. The highest BCUT2D eigenvalue weighted by Crippen LogP contribution is 2.50. The lowest BCUT2D eigenvalue weighted by atomic mass is 9.77. The molecule has 0 aliphatic carbocycles. The number of urea groups is 1. The van der Waals surface area contributed by atoms with Gasteiger partial charge in [-0.15, -0.1) is 0 Å². The van der Waals surface area contributed by atoms with Crippen LogP contribution in [0.1, 0.15) is 48.9 Å². The monoisotopic (exact) mass is 505 g/mol. The molecule has 0 N–H and O–H groups in total. The molecule has 2 amide bonds. The molecule has 0 radical (unpaired) electrons. The molecule has 37 heavy (non-hydrogen) atoms. The Balaban J connectivity index is 1.46. The summed E-state index contributed by atoms with van der Waals surface area (Å²) >= 11 is 0. The minimum absolute atomic E-state index is 0.0635. The van der Waals surface area contributed by atoms with Crippen molar-refractivity contribution in [2.75, 3.05) is 41.5 Å². The first-order chi connectivity index (χ1) is 17.6. The van der Waals surface area contributed by atoms with Crippen LogP contribution in [0.3, 0.4) is 0 Å². The summed E-state index contributed by atoms with van der Waals surface area (Å²) < 4.78 is 16.9. The number of rotatable bonds is 5. The van der Waals surface area contributed by atoms with Crippen molar-refractivity contribution < 1.29 is 19.0 Å². The zero-order valence-electron chi connectivity index (χ0n) is 23.2. The van der Waals surface area contributed by atoms with Crippen LogP contribution >= 0.6 is 0 Å². The van der Waals surface area contributed by atoms with Gasteiger partial charge in [0.1, 0.15) is 17.2 Å². The number of carbonyl (C=O) groups is 1. The van der Waals surface area contributed by atoms with Crippen molar-refractivity contribution in [3.05, 3.63) is 64.4 Å². The van der Waals surface area contributed by atoms with Crippen molar-refractivity contribution in [2.45, 2.75) is 57.7 Å². The molecule has 1 spiro atoms. The first-order valence-corrected chi connectivity index (χ1v) is 13.0. The van der Waals surface area contributed by atoms with Gasteiger partial charge in [0.05, 0.1) is 33.4 Å². The van der Waals surface area contributed by atoms with Crippen molar-refractivity contribution in [1.29, 1.82) is 0 Å². The van der Waals surface area contributed by atoms with E-state index in [-0.39, 0.29) is 17.0 Å². The number of fused-ring (bicyclic) bond motifs is 3. The van der Waals surface area contributed by atoms with Crippen LogP contribution in [0.2, 0.25) is 0 Å². The van der Waals surface area contributed by atoms with E-state index in [1.807, 2.05) is 29.0 Å². The Hall–Kier alpha value is -3.19. The zero-order valence-corrected chi connectivity index (χ0v) is 23.2. The fourth-order valence-electron chi connectivity index (χ4n) is 6.58. The molecule has 2 saturated heterocycles. The third-order valence-electron chi connectivity index (χ3n) is 8.45. The van der Waals surface area contributed by atoms with E-state index in [9.17, 15) is 4.79 Å². The van der Waals surface area contributed by atoms with Gasteiger partial charge in [-0.2, -0.15) is 0 Å². The van der Waals surface area contributed by atoms with E-state index < -0.39 is 0 Å². The van der Waals surface area contributed by atoms with Gasteiger partial charge in [-0.3, -0.25) is 9.80 Å². The number of ether oxygens (including phenoxy) is 3. The summed E-state index contributed by atoms with van der Waals surface area (Å²) in [5.41, 5.74) is 5.15. The maximum absolute atomic E-state index is 13.7. The number of likely N-dealkylation sites (N-methyl/N-ethyl adjacent to an activating group) is 1. The van der Waals surface area contributed by atoms with Crippen molar-refractivity contribution in [2.24, 2.45) is 0 Å². The van der Waals surface area contributed by atoms with Crippen LogP contribution in [0.4, 0.5) is 4.79 Å². The highest BCUT2D eigenvalue weighted by atomic mass is 16.5. The largest absolute Gasteiger partial charge is 0.497 e. The summed E-state index contributed by atoms with van der Waals surface area (Å²) in [4.78, 5) is 20.2.